The number of ether oxygens (including phenoxy) is 3. The average molecular weight is 553 g/mol. The summed E-state index contributed by atoms with van der Waals surface area (Å²) >= 11 is 12.5. The summed E-state index contributed by atoms with van der Waals surface area (Å²) in [6, 6.07) is 15.8. The lowest BCUT2D eigenvalue weighted by Crippen LogP contribution is -2.54. The van der Waals surface area contributed by atoms with Crippen LogP contribution in [0, 0.1) is 0 Å². The molecule has 4 rings (SSSR count). The number of anilines is 1. The fourth-order valence-corrected chi connectivity index (χ4v) is 4.10. The predicted molar refractivity (Wildman–Crippen MR) is 145 cm³/mol. The van der Waals surface area contributed by atoms with Crippen molar-refractivity contribution >= 4 is 52.8 Å². The molecular weight excluding hydrogens is 531 g/mol. The van der Waals surface area contributed by atoms with Gasteiger partial charge in [0.15, 0.2) is 11.5 Å². The Bertz CT molecular complexity index is 1440. The van der Waals surface area contributed by atoms with E-state index < -0.39 is 17.8 Å². The van der Waals surface area contributed by atoms with E-state index in [1.165, 1.54) is 19.3 Å². The second-order valence-corrected chi connectivity index (χ2v) is 8.78. The molecule has 1 saturated heterocycles. The molecule has 0 bridgehead atoms. The summed E-state index contributed by atoms with van der Waals surface area (Å²) in [5, 5.41) is 2.99. The van der Waals surface area contributed by atoms with Gasteiger partial charge in [0.1, 0.15) is 24.5 Å². The number of benzene rings is 3. The Balaban J connectivity index is 1.57. The largest absolute Gasteiger partial charge is 0.493 e. The van der Waals surface area contributed by atoms with E-state index in [2.05, 4.69) is 11.9 Å². The molecule has 1 N–H and O–H groups in total. The molecule has 0 aromatic heterocycles. The van der Waals surface area contributed by atoms with Gasteiger partial charge in [0, 0.05) is 10.6 Å². The van der Waals surface area contributed by atoms with Crippen molar-refractivity contribution in [2.24, 2.45) is 0 Å². The number of carbonyl (C=O) groups is 3. The summed E-state index contributed by atoms with van der Waals surface area (Å²) in [6.45, 7) is 4.05. The number of barbiturate groups is 1. The summed E-state index contributed by atoms with van der Waals surface area (Å²) in [5.41, 5.74) is 1.20. The van der Waals surface area contributed by atoms with Crippen LogP contribution in [0.3, 0.4) is 0 Å². The number of halogens is 2. The molecule has 0 atom stereocenters. The second-order valence-electron chi connectivity index (χ2n) is 7.97. The molecule has 0 radical (unpaired) electrons. The van der Waals surface area contributed by atoms with Gasteiger partial charge in [-0.2, -0.15) is 0 Å². The number of hydrogen-bond acceptors (Lipinski definition) is 6. The van der Waals surface area contributed by atoms with Crippen molar-refractivity contribution in [1.29, 1.82) is 0 Å². The molecule has 10 heteroatoms. The Labute approximate surface area is 229 Å². The number of imide groups is 2. The van der Waals surface area contributed by atoms with Crippen LogP contribution in [0.2, 0.25) is 10.0 Å². The van der Waals surface area contributed by atoms with Gasteiger partial charge in [0.2, 0.25) is 0 Å². The van der Waals surface area contributed by atoms with Gasteiger partial charge in [-0.3, -0.25) is 14.9 Å². The molecule has 0 unspecified atom stereocenters. The molecular formula is C28H22Cl2N2O6. The van der Waals surface area contributed by atoms with Crippen molar-refractivity contribution in [3.8, 4) is 17.2 Å². The van der Waals surface area contributed by atoms with Crippen molar-refractivity contribution in [3.05, 3.63) is 100 Å². The van der Waals surface area contributed by atoms with E-state index in [0.717, 1.165) is 10.5 Å². The summed E-state index contributed by atoms with van der Waals surface area (Å²) in [7, 11) is 1.43. The Hall–Kier alpha value is -4.27. The predicted octanol–water partition coefficient (Wildman–Crippen LogP) is 5.81. The topological polar surface area (TPSA) is 94.2 Å². The second kappa shape index (κ2) is 11.9. The Kier molecular flexibility index (Phi) is 8.35. The van der Waals surface area contributed by atoms with Crippen LogP contribution in [0.25, 0.3) is 6.08 Å². The molecule has 1 fully saturated rings. The number of amides is 4. The molecule has 4 amide bonds. The maximum absolute atomic E-state index is 13.3. The number of hydrogen-bond donors (Lipinski definition) is 1. The standard InChI is InChI=1S/C28H22Cl2N2O6/c1-3-12-37-25-23(30)14-17(15-24(25)36-2)13-21-26(33)31-28(35)32(27(21)34)19-8-10-20(11-9-19)38-16-18-6-4-5-7-22(18)29/h3-11,13-15H,1,12,16H2,2H3,(H,31,33,35)/b21-13+. The minimum atomic E-state index is -0.870. The first kappa shape index (κ1) is 26.8. The first-order valence-electron chi connectivity index (χ1n) is 11.3. The van der Waals surface area contributed by atoms with Crippen molar-refractivity contribution in [2.45, 2.75) is 6.61 Å². The van der Waals surface area contributed by atoms with Crippen LogP contribution >= 0.6 is 23.2 Å². The monoisotopic (exact) mass is 552 g/mol. The SMILES string of the molecule is C=CCOc1c(Cl)cc(/C=C2\C(=O)NC(=O)N(c3ccc(OCc4ccccc4Cl)cc3)C2=O)cc1OC. The lowest BCUT2D eigenvalue weighted by atomic mass is 10.1. The van der Waals surface area contributed by atoms with E-state index in [-0.39, 0.29) is 29.5 Å². The van der Waals surface area contributed by atoms with Gasteiger partial charge in [-0.25, -0.2) is 9.69 Å². The zero-order valence-corrected chi connectivity index (χ0v) is 21.7. The van der Waals surface area contributed by atoms with E-state index in [0.29, 0.717) is 27.8 Å². The quantitative estimate of drug-likeness (QED) is 0.204. The van der Waals surface area contributed by atoms with Crippen LogP contribution in [0.15, 0.2) is 78.9 Å². The van der Waals surface area contributed by atoms with Gasteiger partial charge >= 0.3 is 6.03 Å². The Morgan fingerprint density at radius 3 is 2.39 bits per heavy atom. The molecule has 1 aliphatic rings. The highest BCUT2D eigenvalue weighted by molar-refractivity contribution is 6.39. The molecule has 38 heavy (non-hydrogen) atoms. The summed E-state index contributed by atoms with van der Waals surface area (Å²) in [4.78, 5) is 39.3. The van der Waals surface area contributed by atoms with Crippen LogP contribution in [0.1, 0.15) is 11.1 Å². The van der Waals surface area contributed by atoms with Gasteiger partial charge < -0.3 is 14.2 Å². The van der Waals surface area contributed by atoms with E-state index >= 15 is 0 Å². The van der Waals surface area contributed by atoms with Gasteiger partial charge in [0.05, 0.1) is 17.8 Å². The number of methoxy groups -OCH3 is 1. The van der Waals surface area contributed by atoms with Crippen molar-refractivity contribution < 1.29 is 28.6 Å². The van der Waals surface area contributed by atoms with Gasteiger partial charge in [0.25, 0.3) is 11.8 Å². The number of nitrogens with zero attached hydrogens (tertiary/aromatic N) is 1. The van der Waals surface area contributed by atoms with Crippen molar-refractivity contribution in [1.82, 2.24) is 5.32 Å². The highest BCUT2D eigenvalue weighted by Crippen LogP contribution is 2.37. The minimum Gasteiger partial charge on any atom is -0.493 e. The van der Waals surface area contributed by atoms with Crippen LogP contribution in [0.5, 0.6) is 17.2 Å². The van der Waals surface area contributed by atoms with E-state index in [9.17, 15) is 14.4 Å². The Morgan fingerprint density at radius 2 is 1.71 bits per heavy atom. The lowest BCUT2D eigenvalue weighted by Gasteiger charge is -2.26. The zero-order valence-electron chi connectivity index (χ0n) is 20.2. The van der Waals surface area contributed by atoms with Crippen molar-refractivity contribution in [2.75, 3.05) is 18.6 Å². The van der Waals surface area contributed by atoms with Gasteiger partial charge in [-0.05, 0) is 54.1 Å². The van der Waals surface area contributed by atoms with E-state index in [4.69, 9.17) is 37.4 Å². The molecule has 1 aliphatic heterocycles. The van der Waals surface area contributed by atoms with E-state index in [1.807, 2.05) is 18.2 Å². The third-order valence-electron chi connectivity index (χ3n) is 5.46. The number of rotatable bonds is 9. The van der Waals surface area contributed by atoms with Crippen LogP contribution < -0.4 is 24.4 Å². The minimum absolute atomic E-state index is 0.207. The molecule has 1 heterocycles. The highest BCUT2D eigenvalue weighted by atomic mass is 35.5. The first-order chi connectivity index (χ1) is 18.3. The molecule has 3 aromatic rings. The zero-order chi connectivity index (χ0) is 27.2. The van der Waals surface area contributed by atoms with Crippen molar-refractivity contribution in [3.63, 3.8) is 0 Å². The normalized spacial score (nSPS) is 14.3. The number of urea groups is 1. The van der Waals surface area contributed by atoms with Crippen LogP contribution in [-0.2, 0) is 16.2 Å². The lowest BCUT2D eigenvalue weighted by molar-refractivity contribution is -0.122. The van der Waals surface area contributed by atoms with E-state index in [1.54, 1.807) is 42.5 Å². The average Bonchev–Trinajstić information content (AvgIpc) is 2.90. The third-order valence-corrected chi connectivity index (χ3v) is 6.11. The maximum atomic E-state index is 13.3. The summed E-state index contributed by atoms with van der Waals surface area (Å²) in [5.74, 6) is -0.533. The molecule has 194 valence electrons. The van der Waals surface area contributed by atoms with Gasteiger partial charge in [-0.15, -0.1) is 0 Å². The number of nitrogens with one attached hydrogen (secondary N) is 1. The third kappa shape index (κ3) is 5.82. The summed E-state index contributed by atoms with van der Waals surface area (Å²) in [6.07, 6.45) is 2.88. The molecule has 3 aromatic carbocycles. The fourth-order valence-electron chi connectivity index (χ4n) is 3.63. The fraction of sp³-hybridized carbons (Fsp3) is 0.107. The number of carbonyl (C=O) groups excluding carboxylic acids is 3. The highest BCUT2D eigenvalue weighted by Gasteiger charge is 2.37. The molecule has 8 nitrogen and oxygen atoms in total. The van der Waals surface area contributed by atoms with Crippen LogP contribution in [0.4, 0.5) is 10.5 Å². The van der Waals surface area contributed by atoms with Gasteiger partial charge in [-0.1, -0.05) is 54.1 Å². The first-order valence-corrected chi connectivity index (χ1v) is 12.1. The molecule has 0 saturated carbocycles. The molecule has 0 aliphatic carbocycles. The van der Waals surface area contributed by atoms with Crippen LogP contribution in [-0.4, -0.2) is 31.6 Å². The maximum Gasteiger partial charge on any atom is 0.335 e. The Morgan fingerprint density at radius 1 is 0.974 bits per heavy atom. The summed E-state index contributed by atoms with van der Waals surface area (Å²) < 4.78 is 16.6. The molecule has 0 spiro atoms. The smallest absolute Gasteiger partial charge is 0.335 e.